The average molecular weight is 584 g/mol. The molecule has 1 atom stereocenters. The molecule has 9 nitrogen and oxygen atoms in total. The minimum atomic E-state index is -3.38. The smallest absolute Gasteiger partial charge is 0.268 e. The molecule has 2 amide bonds. The first-order chi connectivity index (χ1) is 14.8. The number of carbonyl (C=O) groups excluding carboxylic acids is 2. The highest BCUT2D eigenvalue weighted by Gasteiger charge is 2.57. The van der Waals surface area contributed by atoms with Gasteiger partial charge in [-0.3, -0.25) is 14.8 Å². The highest BCUT2D eigenvalue weighted by Crippen LogP contribution is 2.31. The molecule has 2 rings (SSSR count). The lowest BCUT2D eigenvalue weighted by Gasteiger charge is -2.44. The van der Waals surface area contributed by atoms with Gasteiger partial charge in [0, 0.05) is 24.7 Å². The Labute approximate surface area is 199 Å². The zero-order valence-electron chi connectivity index (χ0n) is 16.8. The molecule has 1 saturated heterocycles. The lowest BCUT2D eigenvalue weighted by molar-refractivity contribution is -0.138. The standard InChI is InChI=1S/C17H20N2O7S.C2H4.HIS/c1-26-17(10-27(24,25)11-17)14(16(22)19-23)18-15(21)13-7-5-12(6-8-13)4-2-3-9-20;2*1-2/h5-8,14,20,23H,3,9-11H2,1H3,(H,18,21)(H,19,22);1-2H2;2H. The number of aliphatic hydroxyl groups is 1. The number of nitrogens with one attached hydrogen (secondary N) is 2. The molecule has 0 aliphatic carbocycles. The molecular weight excluding hydrogens is 559 g/mol. The maximum atomic E-state index is 12.5. The number of sulfone groups is 1. The van der Waals surface area contributed by atoms with Crippen LogP contribution in [-0.2, 0) is 19.4 Å². The molecule has 1 aliphatic rings. The molecular formula is C19H25IN2O7S2. The number of methoxy groups -OCH3 is 1. The summed E-state index contributed by atoms with van der Waals surface area (Å²) >= 11 is 1.84. The predicted molar refractivity (Wildman–Crippen MR) is 129 cm³/mol. The topological polar surface area (TPSA) is 142 Å². The van der Waals surface area contributed by atoms with Gasteiger partial charge < -0.3 is 15.2 Å². The molecule has 1 heterocycles. The number of benzene rings is 1. The van der Waals surface area contributed by atoms with E-state index in [0.29, 0.717) is 12.0 Å². The van der Waals surface area contributed by atoms with Crippen molar-refractivity contribution in [3.63, 3.8) is 0 Å². The highest BCUT2D eigenvalue weighted by atomic mass is 127. The van der Waals surface area contributed by atoms with E-state index < -0.39 is 44.8 Å². The van der Waals surface area contributed by atoms with Gasteiger partial charge in [0.25, 0.3) is 11.8 Å². The van der Waals surface area contributed by atoms with E-state index in [0.717, 1.165) is 0 Å². The predicted octanol–water partition coefficient (Wildman–Crippen LogP) is 0.906. The number of hydrogen-bond donors (Lipinski definition) is 5. The number of halogens is 1. The van der Waals surface area contributed by atoms with E-state index in [2.05, 4.69) is 40.1 Å². The molecule has 0 radical (unpaired) electrons. The van der Waals surface area contributed by atoms with E-state index in [1.165, 1.54) is 24.7 Å². The van der Waals surface area contributed by atoms with Crippen molar-refractivity contribution in [2.45, 2.75) is 18.1 Å². The SMILES string of the molecule is C=C.COC1(C(NC(=O)c2ccc(C#CCCO)cc2)C(=O)NO)CS(=O)(=O)C1.SI. The first kappa shape index (κ1) is 29.4. The Hall–Kier alpha value is -1.63. The third-order valence-corrected chi connectivity index (χ3v) is 5.98. The van der Waals surface area contributed by atoms with Crippen molar-refractivity contribution >= 4 is 52.7 Å². The van der Waals surface area contributed by atoms with Crippen LogP contribution in [-0.4, -0.2) is 67.4 Å². The number of thiol groups is 1. The zero-order valence-corrected chi connectivity index (χ0v) is 20.7. The van der Waals surface area contributed by atoms with Gasteiger partial charge in [-0.25, -0.2) is 13.9 Å². The Morgan fingerprint density at radius 2 is 1.84 bits per heavy atom. The first-order valence-electron chi connectivity index (χ1n) is 8.64. The van der Waals surface area contributed by atoms with Gasteiger partial charge in [0.2, 0.25) is 0 Å². The van der Waals surface area contributed by atoms with Crippen molar-refractivity contribution in [1.82, 2.24) is 10.8 Å². The van der Waals surface area contributed by atoms with Gasteiger partial charge in [-0.15, -0.1) is 23.0 Å². The number of rotatable bonds is 6. The Bertz CT molecular complexity index is 884. The summed E-state index contributed by atoms with van der Waals surface area (Å²) in [7, 11) is 1.36. The Morgan fingerprint density at radius 3 is 2.26 bits per heavy atom. The second-order valence-electron chi connectivity index (χ2n) is 6.04. The Kier molecular flexibility index (Phi) is 13.7. The molecule has 4 N–H and O–H groups in total. The van der Waals surface area contributed by atoms with Crippen LogP contribution in [0.25, 0.3) is 0 Å². The molecule has 12 heteroatoms. The minimum Gasteiger partial charge on any atom is -0.395 e. The van der Waals surface area contributed by atoms with Crippen LogP contribution in [0.3, 0.4) is 0 Å². The maximum absolute atomic E-state index is 12.5. The van der Waals surface area contributed by atoms with Crippen LogP contribution in [0.15, 0.2) is 37.4 Å². The number of hydroxylamine groups is 1. The quantitative estimate of drug-likeness (QED) is 0.0836. The van der Waals surface area contributed by atoms with Gasteiger partial charge in [0.1, 0.15) is 11.6 Å². The van der Waals surface area contributed by atoms with E-state index in [9.17, 15) is 18.0 Å². The summed E-state index contributed by atoms with van der Waals surface area (Å²) in [5, 5.41) is 20.1. The van der Waals surface area contributed by atoms with Crippen molar-refractivity contribution in [2.24, 2.45) is 0 Å². The number of amides is 2. The van der Waals surface area contributed by atoms with Crippen LogP contribution in [0.5, 0.6) is 0 Å². The van der Waals surface area contributed by atoms with Gasteiger partial charge in [0.05, 0.1) is 18.1 Å². The highest BCUT2D eigenvalue weighted by molar-refractivity contribution is 14.2. The monoisotopic (exact) mass is 584 g/mol. The molecule has 0 bridgehead atoms. The van der Waals surface area contributed by atoms with Crippen LogP contribution in [0.4, 0.5) is 0 Å². The Balaban J connectivity index is 0.00000212. The number of ether oxygens (including phenoxy) is 1. The summed E-state index contributed by atoms with van der Waals surface area (Å²) in [6.45, 7) is 5.96. The third kappa shape index (κ3) is 8.43. The second kappa shape index (κ2) is 14.4. The van der Waals surface area contributed by atoms with Crippen molar-refractivity contribution in [3.8, 4) is 11.8 Å². The summed E-state index contributed by atoms with van der Waals surface area (Å²) in [6, 6.07) is 4.78. The van der Waals surface area contributed by atoms with E-state index in [-0.39, 0.29) is 12.2 Å². The second-order valence-corrected chi connectivity index (χ2v) is 8.10. The molecule has 1 unspecified atom stereocenters. The molecule has 31 heavy (non-hydrogen) atoms. The summed E-state index contributed by atoms with van der Waals surface area (Å²) in [5.74, 6) is 3.05. The van der Waals surface area contributed by atoms with E-state index in [1.807, 2.05) is 21.2 Å². The molecule has 0 saturated carbocycles. The Morgan fingerprint density at radius 1 is 1.29 bits per heavy atom. The normalized spacial score (nSPS) is 15.6. The molecule has 1 aromatic carbocycles. The maximum Gasteiger partial charge on any atom is 0.268 e. The van der Waals surface area contributed by atoms with Crippen LogP contribution in [0.2, 0.25) is 0 Å². The minimum absolute atomic E-state index is 0.0429. The van der Waals surface area contributed by atoms with Crippen molar-refractivity contribution in [1.29, 1.82) is 0 Å². The van der Waals surface area contributed by atoms with E-state index in [4.69, 9.17) is 15.1 Å². The third-order valence-electron chi connectivity index (χ3n) is 4.13. The fourth-order valence-corrected chi connectivity index (χ4v) is 4.72. The first-order valence-corrected chi connectivity index (χ1v) is 13.7. The largest absolute Gasteiger partial charge is 0.395 e. The fraction of sp³-hybridized carbons (Fsp3) is 0.368. The molecule has 1 aliphatic heterocycles. The van der Waals surface area contributed by atoms with E-state index in [1.54, 1.807) is 12.1 Å². The van der Waals surface area contributed by atoms with Gasteiger partial charge in [-0.1, -0.05) is 11.8 Å². The average Bonchev–Trinajstić information content (AvgIpc) is 2.78. The van der Waals surface area contributed by atoms with Crippen LogP contribution >= 0.6 is 31.0 Å². The number of hydrogen-bond acceptors (Lipinski definition) is 8. The van der Waals surface area contributed by atoms with Gasteiger partial charge in [0.15, 0.2) is 9.84 Å². The molecule has 0 aromatic heterocycles. The van der Waals surface area contributed by atoms with Crippen LogP contribution in [0, 0.1) is 11.8 Å². The van der Waals surface area contributed by atoms with Gasteiger partial charge >= 0.3 is 0 Å². The van der Waals surface area contributed by atoms with Gasteiger partial charge in [-0.05, 0) is 45.5 Å². The van der Waals surface area contributed by atoms with Gasteiger partial charge in [-0.2, -0.15) is 0 Å². The fourth-order valence-electron chi connectivity index (χ4n) is 2.74. The summed E-state index contributed by atoms with van der Waals surface area (Å²) in [4.78, 5) is 24.5. The molecule has 1 aromatic rings. The lowest BCUT2D eigenvalue weighted by atomic mass is 9.95. The molecule has 172 valence electrons. The van der Waals surface area contributed by atoms with E-state index >= 15 is 0 Å². The summed E-state index contributed by atoms with van der Waals surface area (Å²) < 4.78 is 28.3. The van der Waals surface area contributed by atoms with Crippen LogP contribution in [0.1, 0.15) is 22.3 Å². The van der Waals surface area contributed by atoms with Crippen LogP contribution < -0.4 is 10.8 Å². The lowest BCUT2D eigenvalue weighted by Crippen LogP contribution is -2.71. The zero-order chi connectivity index (χ0) is 24.1. The molecule has 0 spiro atoms. The van der Waals surface area contributed by atoms with Crippen molar-refractivity contribution in [2.75, 3.05) is 25.2 Å². The van der Waals surface area contributed by atoms with Crippen molar-refractivity contribution < 1.29 is 33.1 Å². The summed E-state index contributed by atoms with van der Waals surface area (Å²) in [6.07, 6.45) is 0.336. The summed E-state index contributed by atoms with van der Waals surface area (Å²) in [5.41, 5.74) is 0.837. The number of aliphatic hydroxyl groups excluding tert-OH is 1. The molecule has 1 fully saturated rings. The van der Waals surface area contributed by atoms with Crippen molar-refractivity contribution in [3.05, 3.63) is 48.6 Å². The number of carbonyl (C=O) groups is 2.